The number of nitrogens with one attached hydrogen (secondary N) is 1. The number of benzene rings is 2. The molecule has 32 heavy (non-hydrogen) atoms. The molecule has 1 aromatic heterocycles. The van der Waals surface area contributed by atoms with Gasteiger partial charge in [0.25, 0.3) is 5.91 Å². The first-order chi connectivity index (χ1) is 14.9. The fraction of sp³-hybridized carbons (Fsp3) is 0. The first-order valence-electron chi connectivity index (χ1n) is 8.33. The summed E-state index contributed by atoms with van der Waals surface area (Å²) >= 11 is 0.650. The quantitative estimate of drug-likeness (QED) is 0.292. The first kappa shape index (κ1) is 23.5. The number of carbonyl (C=O) groups is 2. The second kappa shape index (κ2) is 8.42. The molecule has 8 radical (unpaired) electrons. The average molecular weight is 451 g/mol. The lowest BCUT2D eigenvalue weighted by molar-refractivity contribution is 0.0698. The molecule has 14 heteroatoms. The molecule has 0 unspecified atom stereocenters. The van der Waals surface area contributed by atoms with Gasteiger partial charge in [-0.3, -0.25) is 4.79 Å². The number of hydrogen-bond acceptors (Lipinski definition) is 4. The molecule has 0 saturated carbocycles. The van der Waals surface area contributed by atoms with Crippen LogP contribution < -0.4 is 27.2 Å². The van der Waals surface area contributed by atoms with Crippen LogP contribution in [0.3, 0.4) is 0 Å². The summed E-state index contributed by atoms with van der Waals surface area (Å²) in [4.78, 5) is 22.9. The summed E-state index contributed by atoms with van der Waals surface area (Å²) in [6, 6.07) is 1.05. The maximum Gasteiger partial charge on any atom is 0.346 e. The van der Waals surface area contributed by atoms with Gasteiger partial charge >= 0.3 is 5.97 Å². The van der Waals surface area contributed by atoms with Gasteiger partial charge in [0.15, 0.2) is 23.3 Å². The van der Waals surface area contributed by atoms with Gasteiger partial charge in [0.05, 0.1) is 16.9 Å². The van der Waals surface area contributed by atoms with Crippen LogP contribution in [-0.4, -0.2) is 53.5 Å². The van der Waals surface area contributed by atoms with Gasteiger partial charge in [-0.25, -0.2) is 22.4 Å². The normalized spacial score (nSPS) is 10.9. The zero-order valence-electron chi connectivity index (χ0n) is 15.6. The zero-order valence-corrected chi connectivity index (χ0v) is 16.4. The van der Waals surface area contributed by atoms with Crippen LogP contribution in [0.2, 0.25) is 0 Å². The molecule has 0 saturated heterocycles. The molecular formula is C18H5B4F4NO4S. The van der Waals surface area contributed by atoms with Crippen molar-refractivity contribution in [3.8, 4) is 16.9 Å². The average Bonchev–Trinajstić information content (AvgIpc) is 3.25. The minimum Gasteiger partial charge on any atom is -0.509 e. The van der Waals surface area contributed by atoms with Crippen LogP contribution in [0, 0.1) is 23.3 Å². The number of carbonyl (C=O) groups excluding carboxylic acids is 1. The summed E-state index contributed by atoms with van der Waals surface area (Å²) in [6.07, 6.45) is 0. The second-order valence-electron chi connectivity index (χ2n) is 6.31. The summed E-state index contributed by atoms with van der Waals surface area (Å²) in [6.45, 7) is 0. The van der Waals surface area contributed by atoms with Crippen molar-refractivity contribution in [3.63, 3.8) is 0 Å². The van der Waals surface area contributed by atoms with Crippen LogP contribution in [0.25, 0.3) is 11.1 Å². The third-order valence-electron chi connectivity index (χ3n) is 4.49. The van der Waals surface area contributed by atoms with Gasteiger partial charge in [-0.1, -0.05) is 21.9 Å². The van der Waals surface area contributed by atoms with E-state index in [0.29, 0.717) is 11.3 Å². The minimum atomic E-state index is -2.04. The minimum absolute atomic E-state index is 0.462. The Balaban J connectivity index is 2.20. The molecule has 1 heterocycles. The molecule has 152 valence electrons. The number of amides is 1. The SMILES string of the molecule is [B]c1c([B])c(-c2c(F)c(F)c(NC(=O)c3ccsc3C(=O)O)c(F)c2F)c([B])c([B])c1O. The van der Waals surface area contributed by atoms with Crippen LogP contribution >= 0.6 is 11.3 Å². The molecule has 0 aliphatic heterocycles. The van der Waals surface area contributed by atoms with E-state index in [9.17, 15) is 32.3 Å². The lowest BCUT2D eigenvalue weighted by atomic mass is 9.65. The highest BCUT2D eigenvalue weighted by molar-refractivity contribution is 7.12. The summed E-state index contributed by atoms with van der Waals surface area (Å²) in [5.41, 5.74) is -6.88. The van der Waals surface area contributed by atoms with Crippen molar-refractivity contribution in [1.82, 2.24) is 0 Å². The zero-order chi connectivity index (χ0) is 24.1. The highest BCUT2D eigenvalue weighted by Gasteiger charge is 2.30. The molecule has 0 fully saturated rings. The van der Waals surface area contributed by atoms with E-state index in [-0.39, 0.29) is 0 Å². The number of phenolic OH excluding ortho intramolecular Hbond substituents is 1. The van der Waals surface area contributed by atoms with Crippen molar-refractivity contribution in [3.05, 3.63) is 45.2 Å². The molecule has 1 amide bonds. The van der Waals surface area contributed by atoms with Crippen molar-refractivity contribution in [2.45, 2.75) is 0 Å². The van der Waals surface area contributed by atoms with Crippen molar-refractivity contribution in [2.75, 3.05) is 5.32 Å². The van der Waals surface area contributed by atoms with E-state index in [1.54, 1.807) is 5.32 Å². The third kappa shape index (κ3) is 3.58. The van der Waals surface area contributed by atoms with Gasteiger partial charge in [-0.05, 0) is 17.0 Å². The van der Waals surface area contributed by atoms with Crippen molar-refractivity contribution in [1.29, 1.82) is 0 Å². The fourth-order valence-corrected chi connectivity index (χ4v) is 3.61. The van der Waals surface area contributed by atoms with E-state index in [4.69, 9.17) is 36.5 Å². The molecule has 3 N–H and O–H groups in total. The Hall–Kier alpha value is -3.14. The lowest BCUT2D eigenvalue weighted by Gasteiger charge is -2.21. The largest absolute Gasteiger partial charge is 0.509 e. The summed E-state index contributed by atoms with van der Waals surface area (Å²) in [5, 5.41) is 21.6. The van der Waals surface area contributed by atoms with Crippen molar-refractivity contribution < 1.29 is 37.4 Å². The van der Waals surface area contributed by atoms with Crippen molar-refractivity contribution in [2.24, 2.45) is 0 Å². The van der Waals surface area contributed by atoms with Crippen LogP contribution in [0.4, 0.5) is 23.2 Å². The predicted octanol–water partition coefficient (Wildman–Crippen LogP) is -0.197. The summed E-state index contributed by atoms with van der Waals surface area (Å²) in [5.74, 6) is -11.7. The Kier molecular flexibility index (Phi) is 6.19. The van der Waals surface area contributed by atoms with Gasteiger partial charge in [0.1, 0.15) is 41.9 Å². The van der Waals surface area contributed by atoms with E-state index in [1.807, 2.05) is 0 Å². The molecule has 2 aromatic carbocycles. The van der Waals surface area contributed by atoms with Gasteiger partial charge < -0.3 is 15.5 Å². The molecule has 3 rings (SSSR count). The number of rotatable bonds is 4. The number of aromatic carboxylic acids is 1. The maximum absolute atomic E-state index is 14.8. The number of thiophene rings is 1. The lowest BCUT2D eigenvalue weighted by Crippen LogP contribution is -2.42. The third-order valence-corrected chi connectivity index (χ3v) is 5.39. The highest BCUT2D eigenvalue weighted by Crippen LogP contribution is 2.34. The maximum atomic E-state index is 14.8. The molecule has 0 spiro atoms. The van der Waals surface area contributed by atoms with Gasteiger partial charge in [0.2, 0.25) is 0 Å². The monoisotopic (exact) mass is 451 g/mol. The smallest absolute Gasteiger partial charge is 0.346 e. The van der Waals surface area contributed by atoms with Crippen molar-refractivity contribution >= 4 is 82.1 Å². The Morgan fingerprint density at radius 2 is 1.34 bits per heavy atom. The Labute approximate surface area is 187 Å². The molecule has 3 aromatic rings. The Bertz CT molecular complexity index is 1260. The molecule has 0 aliphatic rings. The molecular weight excluding hydrogens is 446 g/mol. The van der Waals surface area contributed by atoms with Gasteiger partial charge in [-0.2, -0.15) is 0 Å². The highest BCUT2D eigenvalue weighted by atomic mass is 32.1. The van der Waals surface area contributed by atoms with Crippen LogP contribution in [0.15, 0.2) is 11.4 Å². The van der Waals surface area contributed by atoms with Gasteiger partial charge in [0, 0.05) is 0 Å². The van der Waals surface area contributed by atoms with E-state index in [2.05, 4.69) is 0 Å². The number of hydrogen-bond donors (Lipinski definition) is 3. The van der Waals surface area contributed by atoms with Crippen LogP contribution in [0.5, 0.6) is 5.75 Å². The number of phenols is 1. The second-order valence-corrected chi connectivity index (χ2v) is 7.22. The van der Waals surface area contributed by atoms with Gasteiger partial charge in [-0.15, -0.1) is 11.3 Å². The Morgan fingerprint density at radius 3 is 1.81 bits per heavy atom. The fourth-order valence-electron chi connectivity index (χ4n) is 2.88. The summed E-state index contributed by atoms with van der Waals surface area (Å²) in [7, 11) is 22.3. The summed E-state index contributed by atoms with van der Waals surface area (Å²) < 4.78 is 59.0. The number of carboxylic acids is 1. The predicted molar refractivity (Wildman–Crippen MR) is 114 cm³/mol. The van der Waals surface area contributed by atoms with Crippen LogP contribution in [0.1, 0.15) is 20.0 Å². The standard InChI is InChI=1S/C18H5B4F4NO4S/c19-6-4(7(20)9(22)15(28)8(6)21)5-10(23)12(25)14(13(26)11(5)24)27-17(29)3-1-2-32-16(3)18(30)31/h1-2,28H,(H,27,29)(H,30,31). The topological polar surface area (TPSA) is 86.6 Å². The number of aromatic hydroxyl groups is 1. The molecule has 0 aliphatic carbocycles. The number of anilines is 1. The first-order valence-corrected chi connectivity index (χ1v) is 9.21. The number of carboxylic acid groups (broad SMARTS) is 1. The van der Waals surface area contributed by atoms with E-state index < -0.39 is 90.0 Å². The molecule has 0 atom stereocenters. The Morgan fingerprint density at radius 1 is 0.844 bits per heavy atom. The van der Waals surface area contributed by atoms with E-state index in [0.717, 1.165) is 6.07 Å². The van der Waals surface area contributed by atoms with Crippen LogP contribution in [-0.2, 0) is 0 Å². The van der Waals surface area contributed by atoms with E-state index >= 15 is 0 Å². The molecule has 0 bridgehead atoms. The number of halogens is 4. The van der Waals surface area contributed by atoms with E-state index in [1.165, 1.54) is 5.38 Å². The molecule has 5 nitrogen and oxygen atoms in total.